The van der Waals surface area contributed by atoms with Gasteiger partial charge in [0.2, 0.25) is 0 Å². The highest BCUT2D eigenvalue weighted by atomic mass is 32.2. The Morgan fingerprint density at radius 3 is 2.35 bits per heavy atom. The minimum Gasteiger partial charge on any atom is -0.385 e. The molecule has 4 saturated carbocycles. The van der Waals surface area contributed by atoms with Crippen molar-refractivity contribution in [3.8, 4) is 0 Å². The van der Waals surface area contributed by atoms with E-state index in [1.165, 1.54) is 89.9 Å². The van der Waals surface area contributed by atoms with E-state index in [1.54, 1.807) is 11.1 Å². The van der Waals surface area contributed by atoms with Gasteiger partial charge in [0.25, 0.3) is 0 Å². The second-order valence-electron chi connectivity index (χ2n) is 21.0. The van der Waals surface area contributed by atoms with E-state index in [1.807, 2.05) is 17.8 Å². The zero-order chi connectivity index (χ0) is 36.5. The summed E-state index contributed by atoms with van der Waals surface area (Å²) in [5.41, 5.74) is 5.65. The summed E-state index contributed by atoms with van der Waals surface area (Å²) in [7, 11) is 0. The fraction of sp³-hybridized carbons (Fsp3) is 0.833. The molecule has 0 radical (unpaired) electrons. The Balaban J connectivity index is 0.991. The fourth-order valence-electron chi connectivity index (χ4n) is 14.6. The highest BCUT2D eigenvalue weighted by Crippen LogP contribution is 2.68. The number of hydrogen-bond donors (Lipinski definition) is 2. The van der Waals surface area contributed by atoms with Gasteiger partial charge in [0, 0.05) is 10.2 Å². The van der Waals surface area contributed by atoms with Crippen LogP contribution in [0.25, 0.3) is 0 Å². The normalized spacial score (nSPS) is 47.3. The molecule has 4 fully saturated rings. The highest BCUT2D eigenvalue weighted by molar-refractivity contribution is 8.03. The van der Waals surface area contributed by atoms with Crippen LogP contribution >= 0.6 is 11.8 Å². The average molecular weight is 717 g/mol. The van der Waals surface area contributed by atoms with Gasteiger partial charge in [-0.3, -0.25) is 0 Å². The van der Waals surface area contributed by atoms with Gasteiger partial charge in [-0.1, -0.05) is 98.0 Å². The predicted molar refractivity (Wildman–Crippen MR) is 218 cm³/mol. The van der Waals surface area contributed by atoms with Crippen molar-refractivity contribution in [2.24, 2.45) is 69.0 Å². The van der Waals surface area contributed by atoms with Crippen molar-refractivity contribution in [1.82, 2.24) is 0 Å². The van der Waals surface area contributed by atoms with Gasteiger partial charge in [0.15, 0.2) is 0 Å². The van der Waals surface area contributed by atoms with Gasteiger partial charge in [-0.15, -0.1) is 11.8 Å². The molecule has 0 aromatic carbocycles. The minimum absolute atomic E-state index is 0.133. The number of aliphatic hydroxyl groups excluding tert-OH is 2. The number of allylic oxidation sites excluding steroid dienone is 4. The first-order valence-corrected chi connectivity index (χ1v) is 22.8. The molecular formula is C48H76O2S. The Kier molecular flexibility index (Phi) is 10.9. The van der Waals surface area contributed by atoms with Gasteiger partial charge in [-0.05, 0) is 177 Å². The fourth-order valence-corrected chi connectivity index (χ4v) is 15.9. The van der Waals surface area contributed by atoms with Crippen LogP contribution in [0.2, 0.25) is 0 Å². The highest BCUT2D eigenvalue weighted by Gasteiger charge is 2.59. The topological polar surface area (TPSA) is 40.5 Å². The molecule has 0 saturated heterocycles. The van der Waals surface area contributed by atoms with Gasteiger partial charge in [-0.25, -0.2) is 0 Å². The molecule has 7 aliphatic carbocycles. The zero-order valence-electron chi connectivity index (χ0n) is 34.3. The third-order valence-electron chi connectivity index (χ3n) is 18.1. The van der Waals surface area contributed by atoms with Crippen LogP contribution in [0.4, 0.5) is 0 Å². The van der Waals surface area contributed by atoms with Crippen molar-refractivity contribution in [3.05, 3.63) is 45.9 Å². The molecule has 0 amide bonds. The summed E-state index contributed by atoms with van der Waals surface area (Å²) in [6.45, 7) is 22.5. The summed E-state index contributed by atoms with van der Waals surface area (Å²) < 4.78 is 0. The van der Waals surface area contributed by atoms with Crippen molar-refractivity contribution in [1.29, 1.82) is 0 Å². The van der Waals surface area contributed by atoms with Crippen LogP contribution in [0.1, 0.15) is 165 Å². The monoisotopic (exact) mass is 717 g/mol. The van der Waals surface area contributed by atoms with E-state index in [-0.39, 0.29) is 10.8 Å². The summed E-state index contributed by atoms with van der Waals surface area (Å²) >= 11 is 1.89. The molecule has 0 spiro atoms. The van der Waals surface area contributed by atoms with E-state index >= 15 is 0 Å². The van der Waals surface area contributed by atoms with E-state index in [0.29, 0.717) is 27.9 Å². The second kappa shape index (κ2) is 14.4. The van der Waals surface area contributed by atoms with Gasteiger partial charge in [-0.2, -0.15) is 0 Å². The number of hydrogen-bond acceptors (Lipinski definition) is 3. The average Bonchev–Trinajstić information content (AvgIpc) is 3.44. The molecule has 286 valence electrons. The molecule has 7 rings (SSSR count). The zero-order valence-corrected chi connectivity index (χ0v) is 35.1. The summed E-state index contributed by atoms with van der Waals surface area (Å²) in [6.07, 6.45) is 28.9. The smallest absolute Gasteiger partial charge is 0.103 e. The van der Waals surface area contributed by atoms with Gasteiger partial charge in [0.1, 0.15) is 6.10 Å². The van der Waals surface area contributed by atoms with Gasteiger partial charge < -0.3 is 10.2 Å². The number of aliphatic hydroxyl groups is 2. The molecule has 0 aromatic rings. The number of rotatable bonds is 9. The second-order valence-corrected chi connectivity index (χ2v) is 22.4. The van der Waals surface area contributed by atoms with Gasteiger partial charge >= 0.3 is 0 Å². The van der Waals surface area contributed by atoms with Crippen LogP contribution in [0.3, 0.4) is 0 Å². The van der Waals surface area contributed by atoms with Crippen LogP contribution in [0.5, 0.6) is 0 Å². The molecule has 0 heterocycles. The molecule has 2 nitrogen and oxygen atoms in total. The molecule has 0 aliphatic heterocycles. The first-order chi connectivity index (χ1) is 24.1. The van der Waals surface area contributed by atoms with E-state index in [2.05, 4.69) is 80.5 Å². The van der Waals surface area contributed by atoms with Crippen molar-refractivity contribution >= 4 is 11.8 Å². The Morgan fingerprint density at radius 1 is 0.824 bits per heavy atom. The molecule has 0 aromatic heterocycles. The van der Waals surface area contributed by atoms with E-state index in [4.69, 9.17) is 0 Å². The third kappa shape index (κ3) is 6.68. The van der Waals surface area contributed by atoms with Crippen LogP contribution in [0, 0.1) is 69.0 Å². The van der Waals surface area contributed by atoms with E-state index in [0.717, 1.165) is 58.8 Å². The molecule has 2 N–H and O–H groups in total. The maximum Gasteiger partial charge on any atom is 0.103 e. The lowest BCUT2D eigenvalue weighted by Gasteiger charge is -2.58. The van der Waals surface area contributed by atoms with Crippen molar-refractivity contribution in [3.63, 3.8) is 0 Å². The van der Waals surface area contributed by atoms with E-state index in [9.17, 15) is 10.2 Å². The summed E-state index contributed by atoms with van der Waals surface area (Å²) in [5.74, 6) is 6.49. The molecule has 2 unspecified atom stereocenters. The molecule has 3 heteroatoms. The molecule has 7 aliphatic rings. The van der Waals surface area contributed by atoms with E-state index < -0.39 is 12.2 Å². The standard InChI is InChI=1S/C48H76O2S/c1-30(2)12-10-13-31(3)38-18-19-39-37-17-16-35-27-36(21-24-46(35,7)40(37)22-25-47(38,39)8)51-43-28-41(49)34(26-42(43)50)29-48(9)33(5)20-23-45(6)32(4)14-11-15-44(45)48/h14,16,26,28,30-31,33,36-42,44,49-50H,10-13,15,17-25,27,29H2,1-9H3/t31-,33+,36+,37+,38-,39+,40+,41?,42?,44-,45-,46+,47-,48-/m1/s1. The SMILES string of the molecule is CC1=CCC[C@H]2[C@](C)(CC3=CC(O)C(S[C@H]4CC[C@@]5(C)C(=CC[C@H]6[C@@H]7CC[C@H]([C@H](C)CCCC(C)C)[C@@]7(C)CC[C@@H]65)C4)=CC3O)[C@@H](C)CC[C@]12C. The molecule has 14 atom stereocenters. The molecule has 0 bridgehead atoms. The number of fused-ring (bicyclic) bond motifs is 6. The quantitative estimate of drug-likeness (QED) is 0.233. The summed E-state index contributed by atoms with van der Waals surface area (Å²) in [5, 5.41) is 23.7. The predicted octanol–water partition coefficient (Wildman–Crippen LogP) is 12.9. The van der Waals surface area contributed by atoms with Crippen LogP contribution in [-0.4, -0.2) is 27.7 Å². The Labute approximate surface area is 318 Å². The van der Waals surface area contributed by atoms with Crippen LogP contribution in [0.15, 0.2) is 45.9 Å². The van der Waals surface area contributed by atoms with Crippen molar-refractivity contribution < 1.29 is 10.2 Å². The first kappa shape index (κ1) is 38.5. The summed E-state index contributed by atoms with van der Waals surface area (Å²) in [4.78, 5) is 0.991. The Bertz CT molecular complexity index is 1420. The largest absolute Gasteiger partial charge is 0.385 e. The van der Waals surface area contributed by atoms with Crippen LogP contribution < -0.4 is 0 Å². The molecular weight excluding hydrogens is 641 g/mol. The van der Waals surface area contributed by atoms with Crippen molar-refractivity contribution in [2.45, 2.75) is 183 Å². The lowest BCUT2D eigenvalue weighted by atomic mass is 9.46. The Morgan fingerprint density at radius 2 is 1.59 bits per heavy atom. The lowest BCUT2D eigenvalue weighted by Crippen LogP contribution is -2.50. The van der Waals surface area contributed by atoms with Crippen molar-refractivity contribution in [2.75, 3.05) is 0 Å². The lowest BCUT2D eigenvalue weighted by molar-refractivity contribution is -0.0497. The maximum atomic E-state index is 11.6. The molecule has 51 heavy (non-hydrogen) atoms. The van der Waals surface area contributed by atoms with Gasteiger partial charge in [0.05, 0.1) is 6.10 Å². The minimum atomic E-state index is -0.590. The first-order valence-electron chi connectivity index (χ1n) is 21.9. The van der Waals surface area contributed by atoms with Crippen LogP contribution in [-0.2, 0) is 0 Å². The summed E-state index contributed by atoms with van der Waals surface area (Å²) in [6, 6.07) is 0. The number of thioether (sulfide) groups is 1. The Hall–Kier alpha value is -0.770. The maximum absolute atomic E-state index is 11.6. The third-order valence-corrected chi connectivity index (χ3v) is 19.5.